The summed E-state index contributed by atoms with van der Waals surface area (Å²) in [6.45, 7) is 5.12. The number of aromatic nitrogens is 1. The lowest BCUT2D eigenvalue weighted by atomic mass is 10.1. The predicted octanol–water partition coefficient (Wildman–Crippen LogP) is 3.39. The number of unbranched alkanes of at least 4 members (excludes halogenated alkanes) is 2. The maximum atomic E-state index is 5.06. The summed E-state index contributed by atoms with van der Waals surface area (Å²) < 4.78 is 7.37. The van der Waals surface area contributed by atoms with E-state index in [1.807, 2.05) is 0 Å². The number of para-hydroxylation sites is 1. The molecule has 110 valence electrons. The second-order valence-corrected chi connectivity index (χ2v) is 5.38. The molecule has 0 spiro atoms. The van der Waals surface area contributed by atoms with Gasteiger partial charge in [0.2, 0.25) is 0 Å². The van der Waals surface area contributed by atoms with Crippen molar-refractivity contribution in [3.8, 4) is 0 Å². The molecule has 20 heavy (non-hydrogen) atoms. The van der Waals surface area contributed by atoms with E-state index in [0.717, 1.165) is 26.1 Å². The molecule has 0 radical (unpaired) electrons. The average molecular weight is 274 g/mol. The van der Waals surface area contributed by atoms with E-state index in [4.69, 9.17) is 4.74 Å². The molecule has 1 heterocycles. The molecule has 0 aliphatic carbocycles. The molecule has 1 N–H and O–H groups in total. The van der Waals surface area contributed by atoms with E-state index in [9.17, 15) is 0 Å². The molecule has 0 fully saturated rings. The van der Waals surface area contributed by atoms with Crippen molar-refractivity contribution in [3.63, 3.8) is 0 Å². The maximum Gasteiger partial charge on any atom is 0.0483 e. The third kappa shape index (κ3) is 3.41. The van der Waals surface area contributed by atoms with Gasteiger partial charge in [-0.3, -0.25) is 0 Å². The van der Waals surface area contributed by atoms with Crippen LogP contribution in [0.2, 0.25) is 0 Å². The summed E-state index contributed by atoms with van der Waals surface area (Å²) in [5, 5.41) is 4.93. The van der Waals surface area contributed by atoms with Crippen molar-refractivity contribution in [2.75, 3.05) is 20.3 Å². The molecule has 0 aliphatic heterocycles. The number of hydrogen-bond donors (Lipinski definition) is 1. The van der Waals surface area contributed by atoms with Crippen molar-refractivity contribution in [1.82, 2.24) is 9.88 Å². The van der Waals surface area contributed by atoms with Gasteiger partial charge in [0.25, 0.3) is 0 Å². The van der Waals surface area contributed by atoms with Crippen LogP contribution in [0.1, 0.15) is 30.5 Å². The van der Waals surface area contributed by atoms with Gasteiger partial charge in [-0.2, -0.15) is 0 Å². The van der Waals surface area contributed by atoms with Crippen molar-refractivity contribution in [1.29, 1.82) is 0 Å². The van der Waals surface area contributed by atoms with Gasteiger partial charge in [0.05, 0.1) is 0 Å². The van der Waals surface area contributed by atoms with Crippen LogP contribution in [-0.4, -0.2) is 24.8 Å². The van der Waals surface area contributed by atoms with Gasteiger partial charge in [0.15, 0.2) is 0 Å². The highest BCUT2D eigenvalue weighted by molar-refractivity contribution is 5.85. The van der Waals surface area contributed by atoms with Crippen molar-refractivity contribution in [2.45, 2.75) is 32.7 Å². The van der Waals surface area contributed by atoms with Gasteiger partial charge in [-0.05, 0) is 44.4 Å². The normalized spacial score (nSPS) is 11.3. The zero-order valence-corrected chi connectivity index (χ0v) is 12.9. The lowest BCUT2D eigenvalue weighted by molar-refractivity contribution is 0.192. The molecule has 0 atom stereocenters. The molecule has 2 rings (SSSR count). The smallest absolute Gasteiger partial charge is 0.0483 e. The minimum atomic E-state index is 0.877. The number of fused-ring (bicyclic) bond motifs is 1. The quantitative estimate of drug-likeness (QED) is 0.747. The second-order valence-electron chi connectivity index (χ2n) is 5.38. The second kappa shape index (κ2) is 7.46. The van der Waals surface area contributed by atoms with Crippen LogP contribution in [0.3, 0.4) is 0 Å². The Balaban J connectivity index is 1.87. The minimum absolute atomic E-state index is 0.877. The number of benzene rings is 1. The Morgan fingerprint density at radius 3 is 2.70 bits per heavy atom. The largest absolute Gasteiger partial charge is 0.385 e. The van der Waals surface area contributed by atoms with Gasteiger partial charge >= 0.3 is 0 Å². The molecule has 3 heteroatoms. The maximum absolute atomic E-state index is 5.06. The number of hydrogen-bond acceptors (Lipinski definition) is 2. The number of nitrogens with zero attached hydrogens (tertiary/aromatic N) is 1. The zero-order valence-electron chi connectivity index (χ0n) is 12.9. The Bertz CT molecular complexity index is 506. The SMILES string of the molecule is COCCCCCNCc1c(C)c2ccccc2n1C. The molecule has 2 aromatic rings. The summed E-state index contributed by atoms with van der Waals surface area (Å²) in [5.41, 5.74) is 4.11. The first kappa shape index (κ1) is 15.1. The number of aryl methyl sites for hydroxylation is 2. The van der Waals surface area contributed by atoms with Crippen molar-refractivity contribution < 1.29 is 4.74 Å². The van der Waals surface area contributed by atoms with Gasteiger partial charge in [-0.25, -0.2) is 0 Å². The third-order valence-corrected chi connectivity index (χ3v) is 4.00. The Morgan fingerprint density at radius 1 is 1.15 bits per heavy atom. The summed E-state index contributed by atoms with van der Waals surface area (Å²) in [6, 6.07) is 8.62. The third-order valence-electron chi connectivity index (χ3n) is 4.00. The zero-order chi connectivity index (χ0) is 14.4. The Morgan fingerprint density at radius 2 is 1.95 bits per heavy atom. The first-order valence-corrected chi connectivity index (χ1v) is 7.48. The summed E-state index contributed by atoms with van der Waals surface area (Å²) in [5.74, 6) is 0. The standard InChI is InChI=1S/C17H26N2O/c1-14-15-9-5-6-10-16(15)19(2)17(14)13-18-11-7-4-8-12-20-3/h5-6,9-10,18H,4,7-8,11-13H2,1-3H3. The molecule has 0 bridgehead atoms. The van der Waals surface area contributed by atoms with E-state index in [1.54, 1.807) is 7.11 Å². The lowest BCUT2D eigenvalue weighted by Gasteiger charge is -2.08. The van der Waals surface area contributed by atoms with Crippen LogP contribution in [0.15, 0.2) is 24.3 Å². The van der Waals surface area contributed by atoms with E-state index >= 15 is 0 Å². The molecular weight excluding hydrogens is 248 g/mol. The van der Waals surface area contributed by atoms with Crippen LogP contribution in [-0.2, 0) is 18.3 Å². The van der Waals surface area contributed by atoms with Gasteiger partial charge < -0.3 is 14.6 Å². The number of ether oxygens (including phenoxy) is 1. The van der Waals surface area contributed by atoms with Crippen molar-refractivity contribution in [2.24, 2.45) is 7.05 Å². The van der Waals surface area contributed by atoms with Crippen LogP contribution < -0.4 is 5.32 Å². The Kier molecular flexibility index (Phi) is 5.62. The average Bonchev–Trinajstić information content (AvgIpc) is 2.71. The Hall–Kier alpha value is -1.32. The first-order valence-electron chi connectivity index (χ1n) is 7.48. The number of rotatable bonds is 8. The molecule has 0 amide bonds. The topological polar surface area (TPSA) is 26.2 Å². The fraction of sp³-hybridized carbons (Fsp3) is 0.529. The highest BCUT2D eigenvalue weighted by Crippen LogP contribution is 2.24. The van der Waals surface area contributed by atoms with E-state index in [-0.39, 0.29) is 0 Å². The molecule has 0 saturated heterocycles. The first-order chi connectivity index (χ1) is 9.75. The Labute approximate surface area is 121 Å². The van der Waals surface area contributed by atoms with E-state index < -0.39 is 0 Å². The van der Waals surface area contributed by atoms with Crippen LogP contribution in [0.5, 0.6) is 0 Å². The van der Waals surface area contributed by atoms with Crippen LogP contribution in [0.4, 0.5) is 0 Å². The predicted molar refractivity (Wildman–Crippen MR) is 85.1 cm³/mol. The molecule has 0 aliphatic rings. The van der Waals surface area contributed by atoms with Gasteiger partial charge in [0.1, 0.15) is 0 Å². The van der Waals surface area contributed by atoms with E-state index in [2.05, 4.69) is 48.1 Å². The summed E-state index contributed by atoms with van der Waals surface area (Å²) in [6.07, 6.45) is 3.60. The molecular formula is C17H26N2O. The highest BCUT2D eigenvalue weighted by Gasteiger charge is 2.10. The van der Waals surface area contributed by atoms with Crippen LogP contribution in [0, 0.1) is 6.92 Å². The van der Waals surface area contributed by atoms with Crippen molar-refractivity contribution in [3.05, 3.63) is 35.5 Å². The molecule has 0 saturated carbocycles. The van der Waals surface area contributed by atoms with E-state index in [1.165, 1.54) is 35.0 Å². The summed E-state index contributed by atoms with van der Waals surface area (Å²) >= 11 is 0. The van der Waals surface area contributed by atoms with Crippen LogP contribution in [0.25, 0.3) is 10.9 Å². The van der Waals surface area contributed by atoms with Gasteiger partial charge in [-0.15, -0.1) is 0 Å². The molecule has 0 unspecified atom stereocenters. The van der Waals surface area contributed by atoms with Gasteiger partial charge in [0, 0.05) is 43.9 Å². The number of nitrogens with one attached hydrogen (secondary N) is 1. The fourth-order valence-electron chi connectivity index (χ4n) is 2.77. The molecule has 1 aromatic carbocycles. The van der Waals surface area contributed by atoms with E-state index in [0.29, 0.717) is 0 Å². The molecule has 3 nitrogen and oxygen atoms in total. The van der Waals surface area contributed by atoms with Crippen LogP contribution >= 0.6 is 0 Å². The lowest BCUT2D eigenvalue weighted by Crippen LogP contribution is -2.17. The summed E-state index contributed by atoms with van der Waals surface area (Å²) in [7, 11) is 3.92. The monoisotopic (exact) mass is 274 g/mol. The fourth-order valence-corrected chi connectivity index (χ4v) is 2.77. The minimum Gasteiger partial charge on any atom is -0.385 e. The van der Waals surface area contributed by atoms with Crippen molar-refractivity contribution >= 4 is 10.9 Å². The summed E-state index contributed by atoms with van der Waals surface area (Å²) in [4.78, 5) is 0. The number of methoxy groups -OCH3 is 1. The molecule has 1 aromatic heterocycles. The van der Waals surface area contributed by atoms with Gasteiger partial charge in [-0.1, -0.05) is 18.2 Å². The highest BCUT2D eigenvalue weighted by atomic mass is 16.5.